The van der Waals surface area contributed by atoms with Gasteiger partial charge in [-0.05, 0) is 15.9 Å². The molecule has 0 spiro atoms. The van der Waals surface area contributed by atoms with E-state index in [4.69, 9.17) is 20.3 Å². The predicted octanol–water partition coefficient (Wildman–Crippen LogP) is -1.10. The number of nitrogens with zero attached hydrogens (tertiary/aromatic N) is 4. The van der Waals surface area contributed by atoms with E-state index in [1.54, 1.807) is 0 Å². The summed E-state index contributed by atoms with van der Waals surface area (Å²) < 4.78 is 22.1. The van der Waals surface area contributed by atoms with Gasteiger partial charge in [-0.1, -0.05) is 0 Å². The average Bonchev–Trinajstić information content (AvgIpc) is 2.96. The number of fused-ring (bicyclic) bond motifs is 1. The van der Waals surface area contributed by atoms with Crippen LogP contribution in [0.4, 0.5) is 5.82 Å². The number of nitrogen functional groups attached to an aromatic ring is 1. The van der Waals surface area contributed by atoms with Gasteiger partial charge >= 0.3 is 7.82 Å². The number of hydrogen-bond acceptors (Lipinski definition) is 9. The Morgan fingerprint density at radius 3 is 2.75 bits per heavy atom. The van der Waals surface area contributed by atoms with E-state index in [1.807, 2.05) is 0 Å². The Morgan fingerprint density at radius 2 is 2.08 bits per heavy atom. The highest BCUT2D eigenvalue weighted by atomic mass is 79.9. The first-order valence-corrected chi connectivity index (χ1v) is 8.87. The standard InChI is InChI=1S/C10H13BrN5O7P/c11-10-15-4-7(12)13-2-14-8(4)16(10)9-6(18)5(17)3(23-9)1-22-24(19,20)21/h2-3,5-6,9,17-18H,1H2,(H2,12,13,14)(H2,19,20,21)/t3-,5+,6-,9-/m1/s1. The minimum Gasteiger partial charge on any atom is -0.387 e. The van der Waals surface area contributed by atoms with Crippen molar-refractivity contribution in [3.63, 3.8) is 0 Å². The van der Waals surface area contributed by atoms with Crippen molar-refractivity contribution < 1.29 is 33.8 Å². The van der Waals surface area contributed by atoms with Crippen LogP contribution in [0.25, 0.3) is 11.2 Å². The first-order chi connectivity index (χ1) is 11.2. The van der Waals surface area contributed by atoms with E-state index in [9.17, 15) is 14.8 Å². The molecule has 2 aromatic heterocycles. The summed E-state index contributed by atoms with van der Waals surface area (Å²) >= 11 is 3.19. The van der Waals surface area contributed by atoms with E-state index in [1.165, 1.54) is 10.9 Å². The Bertz CT molecular complexity index is 812. The van der Waals surface area contributed by atoms with Gasteiger partial charge in [0.2, 0.25) is 0 Å². The smallest absolute Gasteiger partial charge is 0.387 e. The quantitative estimate of drug-likeness (QED) is 0.295. The Labute approximate surface area is 142 Å². The molecule has 0 aliphatic carbocycles. The maximum absolute atomic E-state index is 10.8. The van der Waals surface area contributed by atoms with Crippen LogP contribution in [-0.4, -0.2) is 64.4 Å². The van der Waals surface area contributed by atoms with Crippen molar-refractivity contribution in [2.75, 3.05) is 12.3 Å². The number of ether oxygens (including phenoxy) is 1. The lowest BCUT2D eigenvalue weighted by molar-refractivity contribution is -0.0514. The number of halogens is 1. The van der Waals surface area contributed by atoms with E-state index < -0.39 is 39.0 Å². The van der Waals surface area contributed by atoms with Crippen LogP contribution in [0.3, 0.4) is 0 Å². The lowest BCUT2D eigenvalue weighted by Gasteiger charge is -2.17. The SMILES string of the molecule is Nc1ncnc2c1nc(Br)n2[C@@H]1O[C@H](COP(=O)(O)O)[C@H](O)[C@H]1O. The number of phosphoric ester groups is 1. The average molecular weight is 426 g/mol. The number of aromatic nitrogens is 4. The fraction of sp³-hybridized carbons (Fsp3) is 0.500. The van der Waals surface area contributed by atoms with Gasteiger partial charge in [0.1, 0.15) is 24.6 Å². The van der Waals surface area contributed by atoms with Gasteiger partial charge in [0.05, 0.1) is 6.61 Å². The molecule has 24 heavy (non-hydrogen) atoms. The molecule has 4 atom stereocenters. The fourth-order valence-electron chi connectivity index (χ4n) is 2.38. The summed E-state index contributed by atoms with van der Waals surface area (Å²) in [6.45, 7) is -0.611. The van der Waals surface area contributed by atoms with Gasteiger partial charge in [-0.15, -0.1) is 0 Å². The largest absolute Gasteiger partial charge is 0.469 e. The molecule has 6 N–H and O–H groups in total. The first-order valence-electron chi connectivity index (χ1n) is 6.54. The van der Waals surface area contributed by atoms with Gasteiger partial charge in [-0.3, -0.25) is 9.09 Å². The molecule has 1 aliphatic rings. The monoisotopic (exact) mass is 425 g/mol. The second-order valence-electron chi connectivity index (χ2n) is 5.01. The van der Waals surface area contributed by atoms with Gasteiger partial charge in [-0.25, -0.2) is 19.5 Å². The molecule has 1 fully saturated rings. The molecule has 3 heterocycles. The Hall–Kier alpha value is -1.18. The maximum atomic E-state index is 10.8. The first kappa shape index (κ1) is 17.6. The maximum Gasteiger partial charge on any atom is 0.469 e. The molecule has 2 aromatic rings. The number of imidazole rings is 1. The third-order valence-electron chi connectivity index (χ3n) is 3.46. The molecule has 0 saturated carbocycles. The van der Waals surface area contributed by atoms with Crippen LogP contribution in [0.2, 0.25) is 0 Å². The molecule has 3 rings (SSSR count). The Kier molecular flexibility index (Phi) is 4.61. The number of hydrogen-bond donors (Lipinski definition) is 5. The minimum absolute atomic E-state index is 0.119. The third kappa shape index (κ3) is 3.17. The highest BCUT2D eigenvalue weighted by Crippen LogP contribution is 2.39. The normalized spacial score (nSPS) is 27.9. The molecule has 0 aromatic carbocycles. The summed E-state index contributed by atoms with van der Waals surface area (Å²) in [7, 11) is -4.74. The molecule has 0 amide bonds. The van der Waals surface area contributed by atoms with Crippen LogP contribution in [0.5, 0.6) is 0 Å². The van der Waals surface area contributed by atoms with E-state index in [0.29, 0.717) is 0 Å². The number of aliphatic hydroxyl groups is 2. The van der Waals surface area contributed by atoms with Gasteiger partial charge in [0, 0.05) is 0 Å². The molecule has 132 valence electrons. The van der Waals surface area contributed by atoms with Crippen LogP contribution in [0.15, 0.2) is 11.1 Å². The molecule has 12 nitrogen and oxygen atoms in total. The van der Waals surface area contributed by atoms with Crippen molar-refractivity contribution in [1.29, 1.82) is 0 Å². The van der Waals surface area contributed by atoms with Gasteiger partial charge < -0.3 is 30.5 Å². The summed E-state index contributed by atoms with van der Waals surface area (Å²) in [6.07, 6.45) is -3.94. The summed E-state index contributed by atoms with van der Waals surface area (Å²) in [5, 5.41) is 20.2. The number of nitrogens with two attached hydrogens (primary N) is 1. The zero-order chi connectivity index (χ0) is 17.6. The van der Waals surface area contributed by atoms with Crippen LogP contribution in [-0.2, 0) is 13.8 Å². The van der Waals surface area contributed by atoms with E-state index in [-0.39, 0.29) is 21.7 Å². The van der Waals surface area contributed by atoms with Gasteiger partial charge in [-0.2, -0.15) is 0 Å². The Morgan fingerprint density at radius 1 is 1.38 bits per heavy atom. The molecule has 0 bridgehead atoms. The van der Waals surface area contributed by atoms with Crippen molar-refractivity contribution in [2.24, 2.45) is 0 Å². The predicted molar refractivity (Wildman–Crippen MR) is 81.4 cm³/mol. The van der Waals surface area contributed by atoms with Crippen molar-refractivity contribution in [3.05, 3.63) is 11.1 Å². The van der Waals surface area contributed by atoms with Crippen LogP contribution >= 0.6 is 23.8 Å². The van der Waals surface area contributed by atoms with Crippen molar-refractivity contribution in [1.82, 2.24) is 19.5 Å². The fourth-order valence-corrected chi connectivity index (χ4v) is 3.26. The van der Waals surface area contributed by atoms with Gasteiger partial charge in [0.25, 0.3) is 0 Å². The second-order valence-corrected chi connectivity index (χ2v) is 6.96. The highest BCUT2D eigenvalue weighted by Gasteiger charge is 2.45. The zero-order valence-corrected chi connectivity index (χ0v) is 14.3. The van der Waals surface area contributed by atoms with Crippen LogP contribution in [0, 0.1) is 0 Å². The highest BCUT2D eigenvalue weighted by molar-refractivity contribution is 9.10. The lowest BCUT2D eigenvalue weighted by Crippen LogP contribution is -2.33. The summed E-state index contributed by atoms with van der Waals surface area (Å²) in [5.74, 6) is 0.119. The third-order valence-corrected chi connectivity index (χ3v) is 4.51. The number of anilines is 1. The number of rotatable bonds is 4. The molecular formula is C10H13BrN5O7P. The molecular weight excluding hydrogens is 413 g/mol. The minimum atomic E-state index is -4.74. The molecule has 14 heteroatoms. The topological polar surface area (TPSA) is 186 Å². The van der Waals surface area contributed by atoms with Crippen molar-refractivity contribution in [3.8, 4) is 0 Å². The summed E-state index contributed by atoms with van der Waals surface area (Å²) in [6, 6.07) is 0. The molecule has 0 radical (unpaired) electrons. The molecule has 1 saturated heterocycles. The number of phosphoric acid groups is 1. The van der Waals surface area contributed by atoms with Crippen molar-refractivity contribution >= 4 is 40.7 Å². The van der Waals surface area contributed by atoms with E-state index in [2.05, 4.69) is 35.4 Å². The summed E-state index contributed by atoms with van der Waals surface area (Å²) in [4.78, 5) is 29.4. The number of aliphatic hydroxyl groups excluding tert-OH is 2. The molecule has 0 unspecified atom stereocenters. The second kappa shape index (κ2) is 6.28. The van der Waals surface area contributed by atoms with Gasteiger partial charge in [0.15, 0.2) is 27.9 Å². The summed E-state index contributed by atoms with van der Waals surface area (Å²) in [5.41, 5.74) is 6.23. The zero-order valence-electron chi connectivity index (χ0n) is 11.8. The lowest BCUT2D eigenvalue weighted by atomic mass is 10.1. The van der Waals surface area contributed by atoms with Crippen molar-refractivity contribution in [2.45, 2.75) is 24.5 Å². The van der Waals surface area contributed by atoms with Crippen LogP contribution in [0.1, 0.15) is 6.23 Å². The van der Waals surface area contributed by atoms with Crippen LogP contribution < -0.4 is 5.73 Å². The Balaban J connectivity index is 1.92. The van der Waals surface area contributed by atoms with E-state index >= 15 is 0 Å². The van der Waals surface area contributed by atoms with E-state index in [0.717, 1.165) is 0 Å². The molecule has 1 aliphatic heterocycles.